The molecule has 0 radical (unpaired) electrons. The molecule has 1 saturated heterocycles. The quantitative estimate of drug-likeness (QED) is 0.557. The van der Waals surface area contributed by atoms with Gasteiger partial charge in [0.2, 0.25) is 5.91 Å². The minimum Gasteiger partial charge on any atom is -0.357 e. The molecule has 0 aromatic rings. The van der Waals surface area contributed by atoms with Crippen LogP contribution in [0.3, 0.4) is 0 Å². The van der Waals surface area contributed by atoms with Crippen molar-refractivity contribution in [3.63, 3.8) is 0 Å². The van der Waals surface area contributed by atoms with Gasteiger partial charge in [-0.15, -0.1) is 0 Å². The Morgan fingerprint density at radius 2 is 2.18 bits per heavy atom. The van der Waals surface area contributed by atoms with Gasteiger partial charge in [-0.3, -0.25) is 4.79 Å². The second kappa shape index (κ2) is 2.81. The Balaban J connectivity index is 2.05. The molecule has 62 valence electrons. The number of amides is 1. The summed E-state index contributed by atoms with van der Waals surface area (Å²) in [4.78, 5) is 11.2. The average molecular weight is 155 g/mol. The maximum atomic E-state index is 11.2. The van der Waals surface area contributed by atoms with Crippen molar-refractivity contribution < 1.29 is 9.53 Å². The molecule has 0 bridgehead atoms. The van der Waals surface area contributed by atoms with E-state index in [0.717, 1.165) is 12.8 Å². The van der Waals surface area contributed by atoms with Gasteiger partial charge >= 0.3 is 0 Å². The molecule has 11 heavy (non-hydrogen) atoms. The molecule has 0 spiro atoms. The van der Waals surface area contributed by atoms with E-state index in [4.69, 9.17) is 4.74 Å². The molecule has 2 aliphatic rings. The Morgan fingerprint density at radius 3 is 3.00 bits per heavy atom. The van der Waals surface area contributed by atoms with Crippen LogP contribution in [0.5, 0.6) is 0 Å². The SMILES string of the molecule is O=C1NCOC2CCCCC12. The van der Waals surface area contributed by atoms with Gasteiger partial charge in [0.25, 0.3) is 0 Å². The first kappa shape index (κ1) is 7.10. The van der Waals surface area contributed by atoms with Crippen molar-refractivity contribution in [1.82, 2.24) is 5.32 Å². The molecule has 3 heteroatoms. The minimum absolute atomic E-state index is 0.150. The molecule has 0 aromatic carbocycles. The molecule has 1 saturated carbocycles. The third-order valence-corrected chi connectivity index (χ3v) is 2.58. The first-order valence-corrected chi connectivity index (χ1v) is 4.27. The van der Waals surface area contributed by atoms with Crippen LogP contribution in [0.4, 0.5) is 0 Å². The largest absolute Gasteiger partial charge is 0.357 e. The standard InChI is InChI=1S/C8H13NO2/c10-8-6-3-1-2-4-7(6)11-5-9-8/h6-7H,1-5H2,(H,9,10). The molecule has 1 N–H and O–H groups in total. The van der Waals surface area contributed by atoms with Gasteiger partial charge in [0.1, 0.15) is 6.73 Å². The summed E-state index contributed by atoms with van der Waals surface area (Å²) in [5.41, 5.74) is 0. The number of carbonyl (C=O) groups is 1. The van der Waals surface area contributed by atoms with E-state index in [2.05, 4.69) is 5.32 Å². The van der Waals surface area contributed by atoms with Crippen LogP contribution in [-0.2, 0) is 9.53 Å². The normalized spacial score (nSPS) is 37.6. The lowest BCUT2D eigenvalue weighted by atomic mass is 9.85. The number of carbonyl (C=O) groups excluding carboxylic acids is 1. The zero-order valence-corrected chi connectivity index (χ0v) is 6.51. The molecule has 0 aromatic heterocycles. The van der Waals surface area contributed by atoms with Crippen molar-refractivity contribution in [3.8, 4) is 0 Å². The minimum atomic E-state index is 0.150. The fourth-order valence-electron chi connectivity index (χ4n) is 1.95. The van der Waals surface area contributed by atoms with Crippen LogP contribution in [0.15, 0.2) is 0 Å². The molecule has 2 unspecified atom stereocenters. The van der Waals surface area contributed by atoms with Gasteiger partial charge in [-0.2, -0.15) is 0 Å². The topological polar surface area (TPSA) is 38.3 Å². The van der Waals surface area contributed by atoms with Crippen LogP contribution < -0.4 is 5.32 Å². The molecule has 1 amide bonds. The highest BCUT2D eigenvalue weighted by Crippen LogP contribution is 2.28. The van der Waals surface area contributed by atoms with Gasteiger partial charge in [-0.05, 0) is 12.8 Å². The van der Waals surface area contributed by atoms with Gasteiger partial charge < -0.3 is 10.1 Å². The predicted octanol–water partition coefficient (Wildman–Crippen LogP) is 0.649. The summed E-state index contributed by atoms with van der Waals surface area (Å²) >= 11 is 0. The van der Waals surface area contributed by atoms with Crippen molar-refractivity contribution in [2.45, 2.75) is 31.8 Å². The molecule has 2 fully saturated rings. The molecule has 2 atom stereocenters. The van der Waals surface area contributed by atoms with Crippen LogP contribution in [0, 0.1) is 5.92 Å². The van der Waals surface area contributed by atoms with Gasteiger partial charge in [-0.25, -0.2) is 0 Å². The second-order valence-electron chi connectivity index (χ2n) is 3.28. The average Bonchev–Trinajstić information content (AvgIpc) is 2.06. The Hall–Kier alpha value is -0.570. The second-order valence-corrected chi connectivity index (χ2v) is 3.28. The summed E-state index contributed by atoms with van der Waals surface area (Å²) in [6, 6.07) is 0. The fourth-order valence-corrected chi connectivity index (χ4v) is 1.95. The Morgan fingerprint density at radius 1 is 1.36 bits per heavy atom. The first-order chi connectivity index (χ1) is 5.38. The zero-order chi connectivity index (χ0) is 7.68. The Kier molecular flexibility index (Phi) is 1.82. The van der Waals surface area contributed by atoms with E-state index < -0.39 is 0 Å². The van der Waals surface area contributed by atoms with Crippen LogP contribution in [0.2, 0.25) is 0 Å². The maximum Gasteiger partial charge on any atom is 0.227 e. The Labute approximate surface area is 66.1 Å². The van der Waals surface area contributed by atoms with Crippen molar-refractivity contribution in [1.29, 1.82) is 0 Å². The van der Waals surface area contributed by atoms with Gasteiger partial charge in [0, 0.05) is 0 Å². The van der Waals surface area contributed by atoms with E-state index in [-0.39, 0.29) is 17.9 Å². The molecule has 1 heterocycles. The maximum absolute atomic E-state index is 11.2. The van der Waals surface area contributed by atoms with E-state index in [9.17, 15) is 4.79 Å². The highest BCUT2D eigenvalue weighted by molar-refractivity contribution is 5.79. The fraction of sp³-hybridized carbons (Fsp3) is 0.875. The molecular formula is C8H13NO2. The zero-order valence-electron chi connectivity index (χ0n) is 6.51. The lowest BCUT2D eigenvalue weighted by molar-refractivity contribution is -0.145. The molecule has 1 aliphatic carbocycles. The van der Waals surface area contributed by atoms with E-state index in [1.807, 2.05) is 0 Å². The lowest BCUT2D eigenvalue weighted by Crippen LogP contribution is -2.47. The van der Waals surface area contributed by atoms with E-state index in [1.165, 1.54) is 12.8 Å². The summed E-state index contributed by atoms with van der Waals surface area (Å²) in [5.74, 6) is 0.346. The third-order valence-electron chi connectivity index (χ3n) is 2.58. The van der Waals surface area contributed by atoms with Crippen LogP contribution in [0.1, 0.15) is 25.7 Å². The highest BCUT2D eigenvalue weighted by Gasteiger charge is 2.34. The molecular weight excluding hydrogens is 142 g/mol. The van der Waals surface area contributed by atoms with Gasteiger partial charge in [0.05, 0.1) is 12.0 Å². The lowest BCUT2D eigenvalue weighted by Gasteiger charge is -2.34. The number of hydrogen-bond donors (Lipinski definition) is 1. The monoisotopic (exact) mass is 155 g/mol. The highest BCUT2D eigenvalue weighted by atomic mass is 16.5. The van der Waals surface area contributed by atoms with Gasteiger partial charge in [0.15, 0.2) is 0 Å². The molecule has 3 nitrogen and oxygen atoms in total. The summed E-state index contributed by atoms with van der Waals surface area (Å²) < 4.78 is 5.42. The summed E-state index contributed by atoms with van der Waals surface area (Å²) in [7, 11) is 0. The van der Waals surface area contributed by atoms with Crippen LogP contribution in [0.25, 0.3) is 0 Å². The van der Waals surface area contributed by atoms with Crippen molar-refractivity contribution >= 4 is 5.91 Å². The summed E-state index contributed by atoms with van der Waals surface area (Å²) in [5, 5.41) is 2.72. The number of nitrogens with one attached hydrogen (secondary N) is 1. The first-order valence-electron chi connectivity index (χ1n) is 4.27. The Bertz CT molecular complexity index is 167. The van der Waals surface area contributed by atoms with Crippen molar-refractivity contribution in [2.75, 3.05) is 6.73 Å². The van der Waals surface area contributed by atoms with E-state index in [1.54, 1.807) is 0 Å². The number of ether oxygens (including phenoxy) is 1. The predicted molar refractivity (Wildman–Crippen MR) is 39.8 cm³/mol. The number of rotatable bonds is 0. The number of hydrogen-bond acceptors (Lipinski definition) is 2. The van der Waals surface area contributed by atoms with Crippen LogP contribution >= 0.6 is 0 Å². The summed E-state index contributed by atoms with van der Waals surface area (Å²) in [6.07, 6.45) is 4.69. The molecule has 2 rings (SSSR count). The molecule has 1 aliphatic heterocycles. The number of fused-ring (bicyclic) bond motifs is 1. The smallest absolute Gasteiger partial charge is 0.227 e. The van der Waals surface area contributed by atoms with Gasteiger partial charge in [-0.1, -0.05) is 12.8 Å². The summed E-state index contributed by atoms with van der Waals surface area (Å²) in [6.45, 7) is 0.417. The van der Waals surface area contributed by atoms with E-state index in [0.29, 0.717) is 6.73 Å². The van der Waals surface area contributed by atoms with E-state index >= 15 is 0 Å². The van der Waals surface area contributed by atoms with Crippen molar-refractivity contribution in [3.05, 3.63) is 0 Å². The van der Waals surface area contributed by atoms with Crippen LogP contribution in [-0.4, -0.2) is 18.7 Å². The van der Waals surface area contributed by atoms with Crippen molar-refractivity contribution in [2.24, 2.45) is 5.92 Å². The third kappa shape index (κ3) is 1.25.